The first-order valence-electron chi connectivity index (χ1n) is 13.2. The van der Waals surface area contributed by atoms with Crippen LogP contribution in [-0.2, 0) is 37.4 Å². The topological polar surface area (TPSA) is 137 Å². The molecule has 0 bridgehead atoms. The third-order valence-electron chi connectivity index (χ3n) is 7.00. The van der Waals surface area contributed by atoms with Crippen molar-refractivity contribution in [3.8, 4) is 5.75 Å². The van der Waals surface area contributed by atoms with Crippen LogP contribution in [0.3, 0.4) is 0 Å². The molecule has 1 aliphatic rings. The number of halogens is 2. The molecule has 0 aliphatic carbocycles. The predicted octanol–water partition coefficient (Wildman–Crippen LogP) is 2.47. The van der Waals surface area contributed by atoms with Crippen LogP contribution < -0.4 is 10.2 Å². The lowest BCUT2D eigenvalue weighted by molar-refractivity contribution is -0.156. The second-order valence-corrected chi connectivity index (χ2v) is 12.2. The largest absolute Gasteiger partial charge is 0.497 e. The molecule has 3 aromatic carbocycles. The fourth-order valence-corrected chi connectivity index (χ4v) is 6.26. The third-order valence-corrected chi connectivity index (χ3v) is 9.09. The SMILES string of the molecule is COc1ccc(S(=O)(=O)N(CCc2cccc(Cl)c2)CC(=O)N2CC(=O)N(Cc3ccc(F)cc3)CC2C(=O)NO)cc1. The van der Waals surface area contributed by atoms with E-state index in [4.69, 9.17) is 16.3 Å². The first-order chi connectivity index (χ1) is 20.5. The van der Waals surface area contributed by atoms with Gasteiger partial charge in [-0.2, -0.15) is 4.31 Å². The lowest BCUT2D eigenvalue weighted by atomic mass is 10.1. The lowest BCUT2D eigenvalue weighted by Gasteiger charge is -2.40. The molecule has 1 fully saturated rings. The molecule has 43 heavy (non-hydrogen) atoms. The number of sulfonamides is 1. The summed E-state index contributed by atoms with van der Waals surface area (Å²) in [5.74, 6) is -2.29. The van der Waals surface area contributed by atoms with E-state index in [9.17, 15) is 32.4 Å². The van der Waals surface area contributed by atoms with Gasteiger partial charge in [-0.15, -0.1) is 0 Å². The van der Waals surface area contributed by atoms with Gasteiger partial charge in [0, 0.05) is 18.1 Å². The van der Waals surface area contributed by atoms with Crippen molar-refractivity contribution < 1.29 is 37.1 Å². The summed E-state index contributed by atoms with van der Waals surface area (Å²) in [6, 6.07) is 16.6. The number of benzene rings is 3. The Labute approximate surface area is 253 Å². The van der Waals surface area contributed by atoms with Gasteiger partial charge in [-0.05, 0) is 66.1 Å². The van der Waals surface area contributed by atoms with Gasteiger partial charge in [0.05, 0.1) is 25.1 Å². The molecular formula is C29H30ClFN4O7S. The molecule has 4 rings (SSSR count). The average molecular weight is 633 g/mol. The zero-order valence-corrected chi connectivity index (χ0v) is 24.7. The minimum absolute atomic E-state index is 0.0357. The summed E-state index contributed by atoms with van der Waals surface area (Å²) in [5, 5.41) is 9.85. The second kappa shape index (κ2) is 14.0. The fraction of sp³-hybridized carbons (Fsp3) is 0.276. The fourth-order valence-electron chi connectivity index (χ4n) is 4.66. The molecule has 2 N–H and O–H groups in total. The van der Waals surface area contributed by atoms with Crippen LogP contribution in [0.1, 0.15) is 11.1 Å². The number of hydrogen-bond donors (Lipinski definition) is 2. The first kappa shape index (κ1) is 31.9. The zero-order chi connectivity index (χ0) is 31.1. The number of hydrogen-bond acceptors (Lipinski definition) is 7. The number of nitrogens with one attached hydrogen (secondary N) is 1. The molecule has 1 heterocycles. The average Bonchev–Trinajstić information content (AvgIpc) is 3.00. The number of ether oxygens (including phenoxy) is 1. The number of hydroxylamine groups is 1. The Morgan fingerprint density at radius 1 is 1.09 bits per heavy atom. The number of rotatable bonds is 11. The Morgan fingerprint density at radius 3 is 2.42 bits per heavy atom. The van der Waals surface area contributed by atoms with Crippen LogP contribution in [0.4, 0.5) is 4.39 Å². The molecule has 1 atom stereocenters. The monoisotopic (exact) mass is 632 g/mol. The van der Waals surface area contributed by atoms with E-state index in [0.717, 1.165) is 14.8 Å². The quantitative estimate of drug-likeness (QED) is 0.245. The maximum absolute atomic E-state index is 13.7. The van der Waals surface area contributed by atoms with Gasteiger partial charge in [-0.1, -0.05) is 35.9 Å². The molecule has 3 amide bonds. The molecule has 1 aliphatic heterocycles. The molecule has 1 saturated heterocycles. The van der Waals surface area contributed by atoms with Crippen molar-refractivity contribution in [2.45, 2.75) is 23.9 Å². The maximum Gasteiger partial charge on any atom is 0.267 e. The van der Waals surface area contributed by atoms with E-state index in [1.165, 1.54) is 66.0 Å². The van der Waals surface area contributed by atoms with E-state index >= 15 is 0 Å². The molecule has 3 aromatic rings. The van der Waals surface area contributed by atoms with E-state index in [0.29, 0.717) is 16.3 Å². The van der Waals surface area contributed by atoms with Crippen molar-refractivity contribution in [2.75, 3.05) is 33.3 Å². The van der Waals surface area contributed by atoms with E-state index < -0.39 is 52.7 Å². The minimum Gasteiger partial charge on any atom is -0.497 e. The summed E-state index contributed by atoms with van der Waals surface area (Å²) in [5.41, 5.74) is 2.85. The van der Waals surface area contributed by atoms with Crippen molar-refractivity contribution >= 4 is 39.3 Å². The first-order valence-corrected chi connectivity index (χ1v) is 15.0. The van der Waals surface area contributed by atoms with Crippen LogP contribution in [-0.4, -0.2) is 84.8 Å². The van der Waals surface area contributed by atoms with E-state index in [2.05, 4.69) is 0 Å². The molecule has 0 aromatic heterocycles. The number of amides is 3. The highest BCUT2D eigenvalue weighted by molar-refractivity contribution is 7.89. The number of carbonyl (C=O) groups excluding carboxylic acids is 3. The Hall–Kier alpha value is -4.04. The second-order valence-electron chi connectivity index (χ2n) is 9.81. The number of nitrogens with zero attached hydrogens (tertiary/aromatic N) is 3. The number of methoxy groups -OCH3 is 1. The summed E-state index contributed by atoms with van der Waals surface area (Å²) in [7, 11) is -2.79. The summed E-state index contributed by atoms with van der Waals surface area (Å²) < 4.78 is 46.9. The minimum atomic E-state index is -4.23. The lowest BCUT2D eigenvalue weighted by Crippen LogP contribution is -2.63. The molecule has 0 radical (unpaired) electrons. The van der Waals surface area contributed by atoms with Crippen LogP contribution in [0.15, 0.2) is 77.7 Å². The summed E-state index contributed by atoms with van der Waals surface area (Å²) >= 11 is 6.09. The Morgan fingerprint density at radius 2 is 1.79 bits per heavy atom. The highest BCUT2D eigenvalue weighted by atomic mass is 35.5. The van der Waals surface area contributed by atoms with Crippen LogP contribution >= 0.6 is 11.6 Å². The van der Waals surface area contributed by atoms with Crippen LogP contribution in [0, 0.1) is 5.82 Å². The molecule has 228 valence electrons. The van der Waals surface area contributed by atoms with Gasteiger partial charge in [-0.3, -0.25) is 19.6 Å². The molecule has 1 unspecified atom stereocenters. The normalized spacial score (nSPS) is 15.5. The Kier molecular flexibility index (Phi) is 10.3. The van der Waals surface area contributed by atoms with Crippen molar-refractivity contribution in [3.63, 3.8) is 0 Å². The Balaban J connectivity index is 1.58. The van der Waals surface area contributed by atoms with Gasteiger partial charge < -0.3 is 14.5 Å². The van der Waals surface area contributed by atoms with Gasteiger partial charge in [-0.25, -0.2) is 18.3 Å². The van der Waals surface area contributed by atoms with E-state index in [-0.39, 0.29) is 31.0 Å². The third kappa shape index (κ3) is 7.87. The van der Waals surface area contributed by atoms with Crippen LogP contribution in [0.2, 0.25) is 5.02 Å². The zero-order valence-electron chi connectivity index (χ0n) is 23.2. The van der Waals surface area contributed by atoms with Crippen molar-refractivity contribution in [3.05, 3.63) is 94.8 Å². The van der Waals surface area contributed by atoms with Gasteiger partial charge in [0.1, 0.15) is 24.2 Å². The van der Waals surface area contributed by atoms with Gasteiger partial charge in [0.25, 0.3) is 5.91 Å². The highest BCUT2D eigenvalue weighted by Gasteiger charge is 2.40. The van der Waals surface area contributed by atoms with Crippen LogP contribution in [0.25, 0.3) is 0 Å². The van der Waals surface area contributed by atoms with Crippen LogP contribution in [0.5, 0.6) is 5.75 Å². The molecule has 11 nitrogen and oxygen atoms in total. The van der Waals surface area contributed by atoms with Crippen molar-refractivity contribution in [1.82, 2.24) is 19.6 Å². The molecule has 0 saturated carbocycles. The summed E-state index contributed by atoms with van der Waals surface area (Å²) in [6.07, 6.45) is 0.216. The van der Waals surface area contributed by atoms with Gasteiger partial charge in [0.2, 0.25) is 21.8 Å². The van der Waals surface area contributed by atoms with E-state index in [1.807, 2.05) is 0 Å². The standard InChI is InChI=1S/C29H30ClFN4O7S/c1-42-24-9-11-25(12-10-24)43(40,41)34(14-13-20-3-2-4-22(30)15-20)18-28(37)35-19-27(36)33(17-26(35)29(38)32-39)16-21-5-7-23(31)8-6-21/h2-12,15,26,39H,13-14,16-19H2,1H3,(H,32,38). The molecular weight excluding hydrogens is 603 g/mol. The highest BCUT2D eigenvalue weighted by Crippen LogP contribution is 2.22. The Bertz CT molecular complexity index is 1570. The predicted molar refractivity (Wildman–Crippen MR) is 154 cm³/mol. The molecule has 0 spiro atoms. The number of carbonyl (C=O) groups is 3. The van der Waals surface area contributed by atoms with Crippen molar-refractivity contribution in [2.24, 2.45) is 0 Å². The summed E-state index contributed by atoms with van der Waals surface area (Å²) in [4.78, 5) is 41.5. The van der Waals surface area contributed by atoms with Gasteiger partial charge >= 0.3 is 0 Å². The van der Waals surface area contributed by atoms with E-state index in [1.54, 1.807) is 24.3 Å². The number of piperazine rings is 1. The van der Waals surface area contributed by atoms with Gasteiger partial charge in [0.15, 0.2) is 0 Å². The van der Waals surface area contributed by atoms with Crippen molar-refractivity contribution in [1.29, 1.82) is 0 Å². The smallest absolute Gasteiger partial charge is 0.267 e. The summed E-state index contributed by atoms with van der Waals surface area (Å²) in [6.45, 7) is -1.58. The maximum atomic E-state index is 13.7. The molecule has 14 heteroatoms.